The van der Waals surface area contributed by atoms with Gasteiger partial charge in [0.25, 0.3) is 0 Å². The highest BCUT2D eigenvalue weighted by Crippen LogP contribution is 2.23. The summed E-state index contributed by atoms with van der Waals surface area (Å²) in [6, 6.07) is 18.7. The van der Waals surface area contributed by atoms with Gasteiger partial charge in [-0.25, -0.2) is 4.79 Å². The van der Waals surface area contributed by atoms with Crippen LogP contribution < -0.4 is 4.74 Å². The van der Waals surface area contributed by atoms with E-state index in [1.807, 2.05) is 73.0 Å². The number of carbonyl (C=O) groups excluding carboxylic acids is 2. The summed E-state index contributed by atoms with van der Waals surface area (Å²) < 4.78 is 12.5. The van der Waals surface area contributed by atoms with Crippen molar-refractivity contribution in [1.82, 2.24) is 9.55 Å². The average molecular weight is 402 g/mol. The van der Waals surface area contributed by atoms with E-state index in [1.165, 1.54) is 0 Å². The zero-order valence-corrected chi connectivity index (χ0v) is 17.1. The van der Waals surface area contributed by atoms with Gasteiger partial charge in [0.05, 0.1) is 7.11 Å². The van der Waals surface area contributed by atoms with Gasteiger partial charge in [-0.15, -0.1) is 0 Å². The maximum atomic E-state index is 12.7. The lowest BCUT2D eigenvalue weighted by molar-refractivity contribution is 0.0469. The molecule has 152 valence electrons. The number of nitrogens with zero attached hydrogens (tertiary/aromatic N) is 1. The fourth-order valence-corrected chi connectivity index (χ4v) is 3.64. The molecule has 0 radical (unpaired) electrons. The van der Waals surface area contributed by atoms with Gasteiger partial charge in [0.15, 0.2) is 6.61 Å². The molecule has 0 unspecified atom stereocenters. The van der Waals surface area contributed by atoms with Gasteiger partial charge < -0.3 is 19.0 Å². The van der Waals surface area contributed by atoms with Crippen LogP contribution in [0.15, 0.2) is 60.7 Å². The Labute approximate surface area is 174 Å². The van der Waals surface area contributed by atoms with Crippen molar-refractivity contribution >= 4 is 22.7 Å². The molecular weight excluding hydrogens is 380 g/mol. The second-order valence-corrected chi connectivity index (χ2v) is 7.09. The third-order valence-corrected chi connectivity index (χ3v) is 5.15. The van der Waals surface area contributed by atoms with Crippen LogP contribution in [0.25, 0.3) is 16.6 Å². The van der Waals surface area contributed by atoms with Crippen LogP contribution in [0.3, 0.4) is 0 Å². The van der Waals surface area contributed by atoms with Gasteiger partial charge in [-0.1, -0.05) is 18.2 Å². The van der Waals surface area contributed by atoms with Crippen molar-refractivity contribution in [3.8, 4) is 11.4 Å². The van der Waals surface area contributed by atoms with Crippen LogP contribution in [-0.4, -0.2) is 35.0 Å². The average Bonchev–Trinajstić information content (AvgIpc) is 3.32. The predicted molar refractivity (Wildman–Crippen MR) is 115 cm³/mol. The number of aryl methyl sites for hydroxylation is 1. The summed E-state index contributed by atoms with van der Waals surface area (Å²) in [7, 11) is 1.62. The molecular formula is C24H22N2O4. The van der Waals surface area contributed by atoms with Crippen molar-refractivity contribution in [3.05, 3.63) is 83.3 Å². The number of methoxy groups -OCH3 is 1. The number of para-hydroxylation sites is 1. The largest absolute Gasteiger partial charge is 0.497 e. The highest BCUT2D eigenvalue weighted by Gasteiger charge is 2.19. The first-order valence-electron chi connectivity index (χ1n) is 9.59. The van der Waals surface area contributed by atoms with E-state index in [2.05, 4.69) is 4.98 Å². The molecule has 4 rings (SSSR count). The minimum absolute atomic E-state index is 0.243. The quantitative estimate of drug-likeness (QED) is 0.377. The van der Waals surface area contributed by atoms with Crippen LogP contribution >= 0.6 is 0 Å². The van der Waals surface area contributed by atoms with Crippen molar-refractivity contribution < 1.29 is 19.1 Å². The molecule has 0 bridgehead atoms. The third-order valence-electron chi connectivity index (χ3n) is 5.15. The molecule has 0 atom stereocenters. The second kappa shape index (κ2) is 7.91. The Hall–Kier alpha value is -3.80. The molecule has 6 nitrogen and oxygen atoms in total. The highest BCUT2D eigenvalue weighted by atomic mass is 16.5. The Morgan fingerprint density at radius 3 is 2.43 bits per heavy atom. The van der Waals surface area contributed by atoms with Gasteiger partial charge in [0.2, 0.25) is 5.78 Å². The Kier molecular flexibility index (Phi) is 5.14. The number of aromatic amines is 1. The summed E-state index contributed by atoms with van der Waals surface area (Å²) in [4.78, 5) is 28.1. The molecule has 30 heavy (non-hydrogen) atoms. The van der Waals surface area contributed by atoms with Gasteiger partial charge in [-0.2, -0.15) is 0 Å². The zero-order chi connectivity index (χ0) is 21.3. The fraction of sp³-hybridized carbons (Fsp3) is 0.167. The Balaban J connectivity index is 1.50. The van der Waals surface area contributed by atoms with E-state index in [1.54, 1.807) is 13.2 Å². The maximum absolute atomic E-state index is 12.7. The lowest BCUT2D eigenvalue weighted by Crippen LogP contribution is -2.15. The normalized spacial score (nSPS) is 10.9. The van der Waals surface area contributed by atoms with Crippen LogP contribution in [0.4, 0.5) is 0 Å². The third kappa shape index (κ3) is 3.59. The van der Waals surface area contributed by atoms with Crippen molar-refractivity contribution in [2.45, 2.75) is 13.8 Å². The lowest BCUT2D eigenvalue weighted by Gasteiger charge is -2.10. The minimum Gasteiger partial charge on any atom is -0.497 e. The molecule has 2 aromatic carbocycles. The number of carbonyl (C=O) groups is 2. The number of Topliss-reactive ketones (excluding diaryl/α,β-unsaturated/α-hetero) is 1. The zero-order valence-electron chi connectivity index (χ0n) is 17.1. The van der Waals surface area contributed by atoms with Crippen molar-refractivity contribution in [2.24, 2.45) is 0 Å². The van der Waals surface area contributed by atoms with Crippen LogP contribution in [0.5, 0.6) is 5.75 Å². The summed E-state index contributed by atoms with van der Waals surface area (Å²) in [5.74, 6) is -0.0303. The van der Waals surface area contributed by atoms with E-state index in [0.29, 0.717) is 11.3 Å². The van der Waals surface area contributed by atoms with E-state index >= 15 is 0 Å². The SMILES string of the molecule is COc1ccc(-n2c(C)cc(C(=O)COC(=O)c3cc4ccccc4[nH]3)c2C)cc1. The molecule has 0 spiro atoms. The molecule has 2 heterocycles. The molecule has 1 N–H and O–H groups in total. The van der Waals surface area contributed by atoms with E-state index in [-0.39, 0.29) is 12.4 Å². The molecule has 6 heteroatoms. The first-order valence-corrected chi connectivity index (χ1v) is 9.59. The van der Waals surface area contributed by atoms with Crippen LogP contribution in [0, 0.1) is 13.8 Å². The Morgan fingerprint density at radius 1 is 1.00 bits per heavy atom. The molecule has 0 aliphatic rings. The number of aromatic nitrogens is 2. The van der Waals surface area contributed by atoms with Crippen molar-refractivity contribution in [2.75, 3.05) is 13.7 Å². The first-order chi connectivity index (χ1) is 14.5. The van der Waals surface area contributed by atoms with Crippen LogP contribution in [0.1, 0.15) is 32.2 Å². The molecule has 0 aliphatic carbocycles. The van der Waals surface area contributed by atoms with E-state index in [9.17, 15) is 9.59 Å². The minimum atomic E-state index is -0.552. The maximum Gasteiger partial charge on any atom is 0.355 e. The monoisotopic (exact) mass is 402 g/mol. The van der Waals surface area contributed by atoms with Crippen LogP contribution in [-0.2, 0) is 4.74 Å². The smallest absolute Gasteiger partial charge is 0.355 e. The molecule has 4 aromatic rings. The molecule has 0 fully saturated rings. The number of nitrogens with one attached hydrogen (secondary N) is 1. The number of hydrogen-bond donors (Lipinski definition) is 1. The molecule has 2 aromatic heterocycles. The predicted octanol–water partition coefficient (Wildman–Crippen LogP) is 4.62. The number of fused-ring (bicyclic) bond motifs is 1. The second-order valence-electron chi connectivity index (χ2n) is 7.09. The van der Waals surface area contributed by atoms with Crippen LogP contribution in [0.2, 0.25) is 0 Å². The molecule has 0 saturated heterocycles. The Morgan fingerprint density at radius 2 is 1.73 bits per heavy atom. The number of ether oxygens (including phenoxy) is 2. The standard InChI is InChI=1S/C24H22N2O4/c1-15-12-20(16(2)26(15)18-8-10-19(29-3)11-9-18)23(27)14-30-24(28)22-13-17-6-4-5-7-21(17)25-22/h4-13,25H,14H2,1-3H3. The molecule has 0 amide bonds. The summed E-state index contributed by atoms with van der Waals surface area (Å²) in [6.07, 6.45) is 0. The van der Waals surface area contributed by atoms with Gasteiger partial charge in [0.1, 0.15) is 11.4 Å². The molecule has 0 aliphatic heterocycles. The first kappa shape index (κ1) is 19.5. The van der Waals surface area contributed by atoms with Crippen molar-refractivity contribution in [1.29, 1.82) is 0 Å². The lowest BCUT2D eigenvalue weighted by atomic mass is 10.1. The summed E-state index contributed by atoms with van der Waals surface area (Å²) >= 11 is 0. The van der Waals surface area contributed by atoms with E-state index < -0.39 is 5.97 Å². The van der Waals surface area contributed by atoms with Gasteiger partial charge in [0, 0.05) is 33.5 Å². The summed E-state index contributed by atoms with van der Waals surface area (Å²) in [5.41, 5.74) is 4.35. The number of H-pyrrole nitrogens is 1. The van der Waals surface area contributed by atoms with Gasteiger partial charge >= 0.3 is 5.97 Å². The topological polar surface area (TPSA) is 73.3 Å². The highest BCUT2D eigenvalue weighted by molar-refractivity contribution is 6.01. The molecule has 0 saturated carbocycles. The van der Waals surface area contributed by atoms with Gasteiger partial charge in [-0.05, 0) is 56.3 Å². The van der Waals surface area contributed by atoms with E-state index in [0.717, 1.165) is 33.7 Å². The summed E-state index contributed by atoms with van der Waals surface area (Å²) in [5, 5.41) is 0.916. The van der Waals surface area contributed by atoms with E-state index in [4.69, 9.17) is 9.47 Å². The Bertz CT molecular complexity index is 1200. The van der Waals surface area contributed by atoms with Crippen molar-refractivity contribution in [3.63, 3.8) is 0 Å². The number of esters is 1. The summed E-state index contributed by atoms with van der Waals surface area (Å²) in [6.45, 7) is 3.50. The van der Waals surface area contributed by atoms with Gasteiger partial charge in [-0.3, -0.25) is 4.79 Å². The number of ketones is 1. The number of rotatable bonds is 6. The number of hydrogen-bond acceptors (Lipinski definition) is 4. The fourth-order valence-electron chi connectivity index (χ4n) is 3.64. The number of benzene rings is 2.